The summed E-state index contributed by atoms with van der Waals surface area (Å²) in [6.45, 7) is 4.60. The lowest BCUT2D eigenvalue weighted by Crippen LogP contribution is -2.28. The normalized spacial score (nSPS) is 10.6. The van der Waals surface area contributed by atoms with Crippen LogP contribution in [0.15, 0.2) is 47.8 Å². The van der Waals surface area contributed by atoms with Gasteiger partial charge in [-0.3, -0.25) is 4.79 Å². The molecule has 3 aromatic rings. The number of hydrogen-bond donors (Lipinski definition) is 1. The second kappa shape index (κ2) is 9.43. The number of hydrogen-bond acceptors (Lipinski definition) is 5. The molecule has 1 aromatic carbocycles. The highest BCUT2D eigenvalue weighted by molar-refractivity contribution is 7.09. The second-order valence-electron chi connectivity index (χ2n) is 6.65. The van der Waals surface area contributed by atoms with Gasteiger partial charge in [0.15, 0.2) is 6.61 Å². The van der Waals surface area contributed by atoms with Gasteiger partial charge in [0.25, 0.3) is 5.91 Å². The van der Waals surface area contributed by atoms with Crippen molar-refractivity contribution in [1.29, 1.82) is 0 Å². The lowest BCUT2D eigenvalue weighted by Gasteiger charge is -2.09. The van der Waals surface area contributed by atoms with Crippen molar-refractivity contribution in [2.45, 2.75) is 26.9 Å². The zero-order chi connectivity index (χ0) is 20.8. The van der Waals surface area contributed by atoms with Gasteiger partial charge >= 0.3 is 5.97 Å². The fourth-order valence-corrected chi connectivity index (χ4v) is 3.71. The summed E-state index contributed by atoms with van der Waals surface area (Å²) in [6, 6.07) is 13.3. The van der Waals surface area contributed by atoms with E-state index in [1.54, 1.807) is 24.5 Å². The Morgan fingerprint density at radius 2 is 1.90 bits per heavy atom. The van der Waals surface area contributed by atoms with Gasteiger partial charge in [-0.05, 0) is 49.1 Å². The molecule has 0 aliphatic carbocycles. The third-order valence-corrected chi connectivity index (χ3v) is 5.53. The van der Waals surface area contributed by atoms with Gasteiger partial charge in [0, 0.05) is 22.8 Å². The van der Waals surface area contributed by atoms with Crippen molar-refractivity contribution in [1.82, 2.24) is 9.88 Å². The highest BCUT2D eigenvalue weighted by Crippen LogP contribution is 2.20. The summed E-state index contributed by atoms with van der Waals surface area (Å²) < 4.78 is 12.4. The van der Waals surface area contributed by atoms with E-state index in [-0.39, 0.29) is 12.5 Å². The third-order valence-electron chi connectivity index (χ3n) is 4.67. The number of carbonyl (C=O) groups is 2. The molecular formula is C22H24N2O4S. The summed E-state index contributed by atoms with van der Waals surface area (Å²) in [5.41, 5.74) is 3.23. The Morgan fingerprint density at radius 3 is 2.55 bits per heavy atom. The lowest BCUT2D eigenvalue weighted by atomic mass is 10.2. The van der Waals surface area contributed by atoms with Crippen LogP contribution < -0.4 is 10.1 Å². The summed E-state index contributed by atoms with van der Waals surface area (Å²) in [4.78, 5) is 25.7. The quantitative estimate of drug-likeness (QED) is 0.573. The van der Waals surface area contributed by atoms with Crippen LogP contribution in [0.3, 0.4) is 0 Å². The predicted octanol–water partition coefficient (Wildman–Crippen LogP) is 3.70. The number of benzene rings is 1. The number of nitrogens with one attached hydrogen (secondary N) is 1. The van der Waals surface area contributed by atoms with Crippen molar-refractivity contribution < 1.29 is 19.1 Å². The molecule has 7 heteroatoms. The first-order chi connectivity index (χ1) is 14.0. The molecule has 3 rings (SSSR count). The first kappa shape index (κ1) is 20.7. The predicted molar refractivity (Wildman–Crippen MR) is 112 cm³/mol. The maximum atomic E-state index is 12.5. The van der Waals surface area contributed by atoms with Crippen LogP contribution in [0.4, 0.5) is 0 Å². The number of amides is 1. The van der Waals surface area contributed by atoms with Gasteiger partial charge in [-0.25, -0.2) is 4.79 Å². The number of aryl methyl sites for hydroxylation is 1. The van der Waals surface area contributed by atoms with Gasteiger partial charge in [-0.2, -0.15) is 0 Å². The Morgan fingerprint density at radius 1 is 1.14 bits per heavy atom. The SMILES string of the molecule is COc1ccc(CNC(=O)COC(=O)c2cc(C)n(Cc3cccs3)c2C)cc1. The largest absolute Gasteiger partial charge is 0.497 e. The fraction of sp³-hybridized carbons (Fsp3) is 0.273. The van der Waals surface area contributed by atoms with E-state index < -0.39 is 5.97 Å². The molecule has 0 aliphatic rings. The minimum atomic E-state index is -0.491. The molecule has 0 fully saturated rings. The van der Waals surface area contributed by atoms with Crippen LogP contribution in [0.2, 0.25) is 0 Å². The van der Waals surface area contributed by atoms with Gasteiger partial charge in [-0.15, -0.1) is 11.3 Å². The fourth-order valence-electron chi connectivity index (χ4n) is 3.01. The van der Waals surface area contributed by atoms with E-state index >= 15 is 0 Å². The van der Waals surface area contributed by atoms with Gasteiger partial charge in [0.2, 0.25) is 0 Å². The van der Waals surface area contributed by atoms with Crippen LogP contribution in [0.25, 0.3) is 0 Å². The van der Waals surface area contributed by atoms with Crippen LogP contribution >= 0.6 is 11.3 Å². The van der Waals surface area contributed by atoms with E-state index in [1.165, 1.54) is 4.88 Å². The Balaban J connectivity index is 1.52. The maximum absolute atomic E-state index is 12.5. The zero-order valence-corrected chi connectivity index (χ0v) is 17.5. The van der Waals surface area contributed by atoms with Crippen LogP contribution in [0, 0.1) is 13.8 Å². The lowest BCUT2D eigenvalue weighted by molar-refractivity contribution is -0.124. The van der Waals surface area contributed by atoms with Crippen molar-refractivity contribution in [2.75, 3.05) is 13.7 Å². The number of esters is 1. The van der Waals surface area contributed by atoms with Gasteiger partial charge < -0.3 is 19.4 Å². The molecule has 6 nitrogen and oxygen atoms in total. The molecule has 1 amide bonds. The summed E-state index contributed by atoms with van der Waals surface area (Å²) in [5.74, 6) is -0.0811. The van der Waals surface area contributed by atoms with Crippen LogP contribution in [-0.2, 0) is 22.6 Å². The van der Waals surface area contributed by atoms with E-state index in [0.717, 1.165) is 22.7 Å². The van der Waals surface area contributed by atoms with E-state index in [4.69, 9.17) is 9.47 Å². The van der Waals surface area contributed by atoms with Gasteiger partial charge in [0.1, 0.15) is 5.75 Å². The summed E-state index contributed by atoms with van der Waals surface area (Å²) >= 11 is 1.68. The number of methoxy groups -OCH3 is 1. The van der Waals surface area contributed by atoms with Gasteiger partial charge in [0.05, 0.1) is 19.2 Å². The summed E-state index contributed by atoms with van der Waals surface area (Å²) in [5, 5.41) is 4.77. The van der Waals surface area contributed by atoms with Crippen LogP contribution in [-0.4, -0.2) is 30.2 Å². The maximum Gasteiger partial charge on any atom is 0.340 e. The molecule has 0 saturated heterocycles. The molecule has 0 radical (unpaired) electrons. The van der Waals surface area contributed by atoms with E-state index in [9.17, 15) is 9.59 Å². The number of carbonyl (C=O) groups excluding carboxylic acids is 2. The highest BCUT2D eigenvalue weighted by Gasteiger charge is 2.18. The molecule has 0 saturated carbocycles. The first-order valence-corrected chi connectivity index (χ1v) is 10.1. The number of ether oxygens (including phenoxy) is 2. The number of nitrogens with zero attached hydrogens (tertiary/aromatic N) is 1. The second-order valence-corrected chi connectivity index (χ2v) is 7.68. The average molecular weight is 413 g/mol. The summed E-state index contributed by atoms with van der Waals surface area (Å²) in [6.07, 6.45) is 0. The Hall–Kier alpha value is -3.06. The minimum Gasteiger partial charge on any atom is -0.497 e. The molecule has 0 bridgehead atoms. The van der Waals surface area contributed by atoms with E-state index in [1.807, 2.05) is 49.6 Å². The molecule has 29 heavy (non-hydrogen) atoms. The van der Waals surface area contributed by atoms with Gasteiger partial charge in [-0.1, -0.05) is 18.2 Å². The van der Waals surface area contributed by atoms with Crippen molar-refractivity contribution >= 4 is 23.2 Å². The van der Waals surface area contributed by atoms with E-state index in [2.05, 4.69) is 16.0 Å². The minimum absolute atomic E-state index is 0.316. The first-order valence-electron chi connectivity index (χ1n) is 9.23. The van der Waals surface area contributed by atoms with Crippen molar-refractivity contribution in [3.63, 3.8) is 0 Å². The average Bonchev–Trinajstić information content (AvgIpc) is 3.34. The molecule has 2 aromatic heterocycles. The molecular weight excluding hydrogens is 388 g/mol. The Kier molecular flexibility index (Phi) is 6.72. The number of aromatic nitrogens is 1. The number of rotatable bonds is 8. The molecule has 0 unspecified atom stereocenters. The van der Waals surface area contributed by atoms with Crippen LogP contribution in [0.1, 0.15) is 32.2 Å². The summed E-state index contributed by atoms with van der Waals surface area (Å²) in [7, 11) is 1.60. The molecule has 0 aliphatic heterocycles. The number of thiophene rings is 1. The van der Waals surface area contributed by atoms with Crippen molar-refractivity contribution in [2.24, 2.45) is 0 Å². The molecule has 1 N–H and O–H groups in total. The Labute approximate surface area is 174 Å². The van der Waals surface area contributed by atoms with Crippen LogP contribution in [0.5, 0.6) is 5.75 Å². The zero-order valence-electron chi connectivity index (χ0n) is 16.7. The molecule has 2 heterocycles. The standard InChI is InChI=1S/C22H24N2O4S/c1-15-11-20(16(2)24(15)13-19-5-4-10-29-19)22(26)28-14-21(25)23-12-17-6-8-18(27-3)9-7-17/h4-11H,12-14H2,1-3H3,(H,23,25). The molecule has 0 spiro atoms. The Bertz CT molecular complexity index is 975. The monoisotopic (exact) mass is 412 g/mol. The van der Waals surface area contributed by atoms with E-state index in [0.29, 0.717) is 18.7 Å². The van der Waals surface area contributed by atoms with Crippen molar-refractivity contribution in [3.8, 4) is 5.75 Å². The molecule has 152 valence electrons. The highest BCUT2D eigenvalue weighted by atomic mass is 32.1. The topological polar surface area (TPSA) is 69.6 Å². The van der Waals surface area contributed by atoms with Crippen molar-refractivity contribution in [3.05, 3.63) is 75.2 Å². The molecule has 0 atom stereocenters. The smallest absolute Gasteiger partial charge is 0.340 e. The third kappa shape index (κ3) is 5.26.